The van der Waals surface area contributed by atoms with E-state index in [4.69, 9.17) is 9.47 Å². The number of nitrogens with zero attached hydrogens (tertiary/aromatic N) is 1. The normalized spacial score (nSPS) is 11.3. The Balaban J connectivity index is 1.60. The average molecular weight is 582 g/mol. The zero-order chi connectivity index (χ0) is 30.9. The summed E-state index contributed by atoms with van der Waals surface area (Å²) in [4.78, 5) is 25.2. The van der Waals surface area contributed by atoms with Crippen LogP contribution in [0.15, 0.2) is 91.0 Å². The molecule has 228 valence electrons. The Hall–Kier alpha value is -4.12. The third-order valence-corrected chi connectivity index (χ3v) is 7.45. The monoisotopic (exact) mass is 581 g/mol. The van der Waals surface area contributed by atoms with Crippen molar-refractivity contribution in [3.05, 3.63) is 113 Å². The van der Waals surface area contributed by atoms with Crippen LogP contribution in [0.1, 0.15) is 74.6 Å². The van der Waals surface area contributed by atoms with Gasteiger partial charge in [-0.25, -0.2) is 9.59 Å². The van der Waals surface area contributed by atoms with Crippen molar-refractivity contribution in [2.75, 3.05) is 18.1 Å². The van der Waals surface area contributed by atoms with E-state index in [-0.39, 0.29) is 11.9 Å². The number of allylic oxidation sites excluding steroid dienone is 2. The second kappa shape index (κ2) is 18.4. The van der Waals surface area contributed by atoms with Crippen LogP contribution in [0.2, 0.25) is 0 Å². The highest BCUT2D eigenvalue weighted by molar-refractivity contribution is 5.82. The van der Waals surface area contributed by atoms with Gasteiger partial charge in [0.25, 0.3) is 0 Å². The fraction of sp³-hybridized carbons (Fsp3) is 0.368. The molecule has 0 aliphatic heterocycles. The number of aryl methyl sites for hydroxylation is 4. The third-order valence-electron chi connectivity index (χ3n) is 7.45. The van der Waals surface area contributed by atoms with Gasteiger partial charge in [-0.3, -0.25) is 0 Å². The second-order valence-electron chi connectivity index (χ2n) is 10.9. The lowest BCUT2D eigenvalue weighted by Crippen LogP contribution is -2.10. The number of carbonyl (C=O) groups is 2. The molecule has 0 amide bonds. The van der Waals surface area contributed by atoms with Gasteiger partial charge in [0, 0.05) is 29.2 Å². The largest absolute Gasteiger partial charge is 0.463 e. The predicted molar refractivity (Wildman–Crippen MR) is 177 cm³/mol. The minimum Gasteiger partial charge on any atom is -0.463 e. The summed E-state index contributed by atoms with van der Waals surface area (Å²) >= 11 is 0. The summed E-state index contributed by atoms with van der Waals surface area (Å²) in [6.07, 6.45) is 14.2. The molecule has 3 aromatic rings. The SMILES string of the molecule is CC=CC(=O)OCCCCCc1ccc(N(c2ccc(CCCCCOC(=O)C=CC)cc2)c2ccc(C)c(C)c2)cc1. The van der Waals surface area contributed by atoms with Crippen LogP contribution in [0, 0.1) is 13.8 Å². The van der Waals surface area contributed by atoms with Gasteiger partial charge in [-0.1, -0.05) is 42.5 Å². The maximum atomic E-state index is 11.4. The lowest BCUT2D eigenvalue weighted by Gasteiger charge is -2.26. The van der Waals surface area contributed by atoms with E-state index in [0.29, 0.717) is 13.2 Å². The average Bonchev–Trinajstić information content (AvgIpc) is 3.00. The van der Waals surface area contributed by atoms with Gasteiger partial charge in [0.1, 0.15) is 0 Å². The molecule has 0 saturated carbocycles. The molecule has 0 bridgehead atoms. The van der Waals surface area contributed by atoms with E-state index in [2.05, 4.69) is 85.5 Å². The zero-order valence-corrected chi connectivity index (χ0v) is 26.3. The number of anilines is 3. The first-order valence-corrected chi connectivity index (χ1v) is 15.6. The Labute approximate surface area is 258 Å². The van der Waals surface area contributed by atoms with Crippen molar-refractivity contribution in [3.63, 3.8) is 0 Å². The van der Waals surface area contributed by atoms with Crippen LogP contribution in [0.5, 0.6) is 0 Å². The van der Waals surface area contributed by atoms with E-state index in [1.54, 1.807) is 12.2 Å². The maximum Gasteiger partial charge on any atom is 0.330 e. The first-order valence-electron chi connectivity index (χ1n) is 15.6. The Bertz CT molecular complexity index is 1260. The third kappa shape index (κ3) is 11.6. The molecule has 0 atom stereocenters. The maximum absolute atomic E-state index is 11.4. The number of carbonyl (C=O) groups excluding carboxylic acids is 2. The highest BCUT2D eigenvalue weighted by atomic mass is 16.5. The lowest BCUT2D eigenvalue weighted by molar-refractivity contribution is -0.138. The number of hydrogen-bond acceptors (Lipinski definition) is 5. The molecule has 0 saturated heterocycles. The van der Waals surface area contributed by atoms with E-state index in [1.165, 1.54) is 34.4 Å². The van der Waals surface area contributed by atoms with Gasteiger partial charge >= 0.3 is 11.9 Å². The van der Waals surface area contributed by atoms with Crippen molar-refractivity contribution in [2.45, 2.75) is 79.1 Å². The summed E-state index contributed by atoms with van der Waals surface area (Å²) in [6, 6.07) is 24.4. The minimum absolute atomic E-state index is 0.266. The molecular weight excluding hydrogens is 534 g/mol. The summed E-state index contributed by atoms with van der Waals surface area (Å²) in [6.45, 7) is 8.87. The standard InChI is InChI=1S/C38H47NO4/c1-5-13-37(40)42-27-11-7-9-15-32-18-23-34(24-19-32)39(36-22-17-30(3)31(4)29-36)35-25-20-33(21-26-35)16-10-8-12-28-43-38(41)14-6-2/h5-6,13-14,17-26,29H,7-12,15-16,27-28H2,1-4H3. The van der Waals surface area contributed by atoms with Crippen LogP contribution >= 0.6 is 0 Å². The molecule has 5 nitrogen and oxygen atoms in total. The molecule has 5 heteroatoms. The molecule has 0 aliphatic rings. The number of benzene rings is 3. The Morgan fingerprint density at radius 1 is 0.581 bits per heavy atom. The van der Waals surface area contributed by atoms with E-state index in [1.807, 2.05) is 13.8 Å². The molecule has 3 rings (SSSR count). The number of hydrogen-bond donors (Lipinski definition) is 0. The van der Waals surface area contributed by atoms with Crippen molar-refractivity contribution in [1.29, 1.82) is 0 Å². The van der Waals surface area contributed by atoms with Crippen molar-refractivity contribution in [2.24, 2.45) is 0 Å². The summed E-state index contributed by atoms with van der Waals surface area (Å²) < 4.78 is 10.4. The van der Waals surface area contributed by atoms with Crippen molar-refractivity contribution < 1.29 is 19.1 Å². The van der Waals surface area contributed by atoms with Crippen LogP contribution in [-0.2, 0) is 31.9 Å². The van der Waals surface area contributed by atoms with Gasteiger partial charge in [0.2, 0.25) is 0 Å². The van der Waals surface area contributed by atoms with Gasteiger partial charge in [-0.05, 0) is 138 Å². The molecule has 3 aromatic carbocycles. The number of ether oxygens (including phenoxy) is 2. The van der Waals surface area contributed by atoms with Crippen LogP contribution in [0.4, 0.5) is 17.1 Å². The molecule has 0 heterocycles. The fourth-order valence-electron chi connectivity index (χ4n) is 4.87. The first kappa shape index (κ1) is 33.4. The first-order chi connectivity index (χ1) is 20.9. The summed E-state index contributed by atoms with van der Waals surface area (Å²) in [5.74, 6) is -0.532. The Morgan fingerprint density at radius 2 is 1.02 bits per heavy atom. The van der Waals surface area contributed by atoms with Crippen molar-refractivity contribution in [1.82, 2.24) is 0 Å². The van der Waals surface area contributed by atoms with Crippen LogP contribution in [-0.4, -0.2) is 25.2 Å². The van der Waals surface area contributed by atoms with E-state index >= 15 is 0 Å². The van der Waals surface area contributed by atoms with Crippen molar-refractivity contribution >= 4 is 29.0 Å². The van der Waals surface area contributed by atoms with Gasteiger partial charge in [-0.2, -0.15) is 0 Å². The molecule has 0 fully saturated rings. The van der Waals surface area contributed by atoms with Gasteiger partial charge in [-0.15, -0.1) is 0 Å². The number of rotatable bonds is 17. The minimum atomic E-state index is -0.266. The van der Waals surface area contributed by atoms with Crippen LogP contribution in [0.3, 0.4) is 0 Å². The predicted octanol–water partition coefficient (Wildman–Crippen LogP) is 9.44. The van der Waals surface area contributed by atoms with Crippen molar-refractivity contribution in [3.8, 4) is 0 Å². The molecule has 0 spiro atoms. The highest BCUT2D eigenvalue weighted by Gasteiger charge is 2.13. The zero-order valence-electron chi connectivity index (χ0n) is 26.3. The summed E-state index contributed by atoms with van der Waals surface area (Å²) in [5.41, 5.74) is 8.56. The molecule has 0 aromatic heterocycles. The summed E-state index contributed by atoms with van der Waals surface area (Å²) in [7, 11) is 0. The van der Waals surface area contributed by atoms with Gasteiger partial charge < -0.3 is 14.4 Å². The quantitative estimate of drug-likeness (QED) is 0.0903. The topological polar surface area (TPSA) is 55.8 Å². The highest BCUT2D eigenvalue weighted by Crippen LogP contribution is 2.35. The Morgan fingerprint density at radius 3 is 1.44 bits per heavy atom. The van der Waals surface area contributed by atoms with Gasteiger partial charge in [0.15, 0.2) is 0 Å². The van der Waals surface area contributed by atoms with E-state index in [9.17, 15) is 9.59 Å². The lowest BCUT2D eigenvalue weighted by atomic mass is 10.0. The van der Waals surface area contributed by atoms with E-state index < -0.39 is 0 Å². The number of esters is 2. The second-order valence-corrected chi connectivity index (χ2v) is 10.9. The van der Waals surface area contributed by atoms with Gasteiger partial charge in [0.05, 0.1) is 13.2 Å². The smallest absolute Gasteiger partial charge is 0.330 e. The van der Waals surface area contributed by atoms with Crippen LogP contribution in [0.25, 0.3) is 0 Å². The molecule has 0 unspecified atom stereocenters. The number of unbranched alkanes of at least 4 members (excludes halogenated alkanes) is 4. The van der Waals surface area contributed by atoms with Crippen LogP contribution < -0.4 is 4.90 Å². The van der Waals surface area contributed by atoms with E-state index in [0.717, 1.165) is 68.4 Å². The molecule has 43 heavy (non-hydrogen) atoms. The molecule has 0 N–H and O–H groups in total. The molecule has 0 aliphatic carbocycles. The fourth-order valence-corrected chi connectivity index (χ4v) is 4.87. The summed E-state index contributed by atoms with van der Waals surface area (Å²) in [5, 5.41) is 0. The molecule has 0 radical (unpaired) electrons. The molecular formula is C38H47NO4. The Kier molecular flexibility index (Phi) is 14.3.